The van der Waals surface area contributed by atoms with Crippen LogP contribution in [0.1, 0.15) is 18.1 Å². The van der Waals surface area contributed by atoms with Crippen molar-refractivity contribution >= 4 is 17.6 Å². The molecule has 0 radical (unpaired) electrons. The van der Waals surface area contributed by atoms with Crippen molar-refractivity contribution in [3.63, 3.8) is 0 Å². The fourth-order valence-corrected chi connectivity index (χ4v) is 1.57. The van der Waals surface area contributed by atoms with Crippen LogP contribution in [-0.4, -0.2) is 17.6 Å². The van der Waals surface area contributed by atoms with Crippen LogP contribution < -0.4 is 0 Å². The van der Waals surface area contributed by atoms with E-state index in [-0.39, 0.29) is 12.2 Å². The molecule has 0 N–H and O–H groups in total. The van der Waals surface area contributed by atoms with Crippen LogP contribution in [0.25, 0.3) is 0 Å². The fraction of sp³-hybridized carbons (Fsp3) is 0.400. The predicted octanol–water partition coefficient (Wildman–Crippen LogP) is 2.86. The zero-order valence-electron chi connectivity index (χ0n) is 8.84. The summed E-state index contributed by atoms with van der Waals surface area (Å²) in [5.41, 5.74) is -1.33. The van der Waals surface area contributed by atoms with E-state index in [1.165, 1.54) is 0 Å². The highest BCUT2D eigenvalue weighted by atomic mass is 35.5. The van der Waals surface area contributed by atoms with E-state index >= 15 is 0 Å². The summed E-state index contributed by atoms with van der Waals surface area (Å²) in [6.45, 7) is 1.68. The molecular weight excluding hydrogens is 259 g/mol. The number of hydrogen-bond donors (Lipinski definition) is 0. The van der Waals surface area contributed by atoms with Crippen molar-refractivity contribution in [2.75, 3.05) is 6.61 Å². The Hall–Kier alpha value is -1.30. The second kappa shape index (κ2) is 5.35. The van der Waals surface area contributed by atoms with Crippen molar-refractivity contribution in [1.29, 1.82) is 0 Å². The fourth-order valence-electron chi connectivity index (χ4n) is 1.29. The maximum absolute atomic E-state index is 12.7. The second-order valence-corrected chi connectivity index (χ2v) is 3.47. The molecule has 94 valence electrons. The first-order chi connectivity index (χ1) is 7.86. The van der Waals surface area contributed by atoms with E-state index in [4.69, 9.17) is 11.6 Å². The van der Waals surface area contributed by atoms with E-state index in [1.807, 2.05) is 0 Å². The van der Waals surface area contributed by atoms with E-state index in [0.29, 0.717) is 0 Å². The molecular formula is C10H9ClF3NO2. The lowest BCUT2D eigenvalue weighted by molar-refractivity contribution is -0.143. The van der Waals surface area contributed by atoms with Crippen molar-refractivity contribution in [1.82, 2.24) is 4.98 Å². The molecule has 7 heteroatoms. The molecule has 0 unspecified atom stereocenters. The molecule has 0 saturated heterocycles. The quantitative estimate of drug-likeness (QED) is 0.624. The molecule has 1 heterocycles. The Kier molecular flexibility index (Phi) is 4.34. The largest absolute Gasteiger partial charge is 0.466 e. The molecule has 0 aliphatic rings. The van der Waals surface area contributed by atoms with Crippen LogP contribution in [0.5, 0.6) is 0 Å². The minimum Gasteiger partial charge on any atom is -0.466 e. The Balaban J connectivity index is 3.08. The van der Waals surface area contributed by atoms with Gasteiger partial charge in [0.25, 0.3) is 0 Å². The number of hydrogen-bond acceptors (Lipinski definition) is 3. The first-order valence-electron chi connectivity index (χ1n) is 4.72. The average molecular weight is 268 g/mol. The normalized spacial score (nSPS) is 11.4. The van der Waals surface area contributed by atoms with Gasteiger partial charge in [-0.05, 0) is 18.6 Å². The molecule has 1 aromatic rings. The van der Waals surface area contributed by atoms with Gasteiger partial charge in [-0.15, -0.1) is 0 Å². The Bertz CT molecular complexity index is 421. The number of carbonyl (C=O) groups is 1. The van der Waals surface area contributed by atoms with Gasteiger partial charge in [-0.2, -0.15) is 13.2 Å². The average Bonchev–Trinajstić information content (AvgIpc) is 2.15. The maximum atomic E-state index is 12.7. The number of rotatable bonds is 3. The third-order valence-corrected chi connectivity index (χ3v) is 2.20. The van der Waals surface area contributed by atoms with Crippen molar-refractivity contribution in [2.45, 2.75) is 19.5 Å². The summed E-state index contributed by atoms with van der Waals surface area (Å²) >= 11 is 5.39. The summed E-state index contributed by atoms with van der Waals surface area (Å²) in [5.74, 6) is -0.736. The zero-order valence-corrected chi connectivity index (χ0v) is 9.60. The van der Waals surface area contributed by atoms with Gasteiger partial charge >= 0.3 is 12.1 Å². The molecule has 17 heavy (non-hydrogen) atoms. The van der Waals surface area contributed by atoms with Crippen molar-refractivity contribution in [3.05, 3.63) is 28.5 Å². The molecule has 3 nitrogen and oxygen atoms in total. The molecule has 0 aliphatic heterocycles. The van der Waals surface area contributed by atoms with Crippen LogP contribution in [0.4, 0.5) is 13.2 Å². The monoisotopic (exact) mass is 267 g/mol. The number of carbonyl (C=O) groups excluding carboxylic acids is 1. The van der Waals surface area contributed by atoms with Gasteiger partial charge in [0.15, 0.2) is 0 Å². The molecule has 0 atom stereocenters. The van der Waals surface area contributed by atoms with Crippen LogP contribution in [0.15, 0.2) is 12.3 Å². The summed E-state index contributed by atoms with van der Waals surface area (Å²) in [7, 11) is 0. The number of esters is 1. The number of aromatic nitrogens is 1. The van der Waals surface area contributed by atoms with Gasteiger partial charge < -0.3 is 4.74 Å². The van der Waals surface area contributed by atoms with Crippen molar-refractivity contribution in [2.24, 2.45) is 0 Å². The predicted molar refractivity (Wildman–Crippen MR) is 54.6 cm³/mol. The Morgan fingerprint density at radius 1 is 1.53 bits per heavy atom. The SMILES string of the molecule is CCOC(=O)Cc1ccnc(Cl)c1C(F)(F)F. The molecule has 0 fully saturated rings. The minimum absolute atomic E-state index is 0.110. The summed E-state index contributed by atoms with van der Waals surface area (Å²) < 4.78 is 42.6. The summed E-state index contributed by atoms with van der Waals surface area (Å²) in [5, 5.41) is -0.667. The van der Waals surface area contributed by atoms with Gasteiger partial charge in [0.05, 0.1) is 18.6 Å². The Morgan fingerprint density at radius 2 is 2.18 bits per heavy atom. The lowest BCUT2D eigenvalue weighted by Gasteiger charge is -2.13. The van der Waals surface area contributed by atoms with Gasteiger partial charge in [0.1, 0.15) is 5.15 Å². The highest BCUT2D eigenvalue weighted by Crippen LogP contribution is 2.36. The highest BCUT2D eigenvalue weighted by molar-refractivity contribution is 6.30. The number of pyridine rings is 1. The third-order valence-electron chi connectivity index (χ3n) is 1.91. The summed E-state index contributed by atoms with van der Waals surface area (Å²) in [4.78, 5) is 14.5. The third kappa shape index (κ3) is 3.59. The molecule has 1 rings (SSSR count). The molecule has 0 amide bonds. The van der Waals surface area contributed by atoms with Crippen LogP contribution in [0.2, 0.25) is 5.15 Å². The Morgan fingerprint density at radius 3 is 2.71 bits per heavy atom. The van der Waals surface area contributed by atoms with E-state index in [0.717, 1.165) is 12.3 Å². The first kappa shape index (κ1) is 13.8. The Labute approximate surface area is 101 Å². The van der Waals surface area contributed by atoms with Crippen molar-refractivity contribution in [3.8, 4) is 0 Å². The minimum atomic E-state index is -4.65. The molecule has 0 bridgehead atoms. The number of nitrogens with zero attached hydrogens (tertiary/aromatic N) is 1. The highest BCUT2D eigenvalue weighted by Gasteiger charge is 2.37. The van der Waals surface area contributed by atoms with Gasteiger partial charge in [-0.25, -0.2) is 4.98 Å². The maximum Gasteiger partial charge on any atom is 0.419 e. The standard InChI is InChI=1S/C10H9ClF3NO2/c1-2-17-7(16)5-6-3-4-15-9(11)8(6)10(12,13)14/h3-4H,2,5H2,1H3. The number of alkyl halides is 3. The lowest BCUT2D eigenvalue weighted by Crippen LogP contribution is -2.15. The van der Waals surface area contributed by atoms with Crippen LogP contribution in [0.3, 0.4) is 0 Å². The topological polar surface area (TPSA) is 39.2 Å². The van der Waals surface area contributed by atoms with Crippen LogP contribution in [-0.2, 0) is 22.1 Å². The summed E-state index contributed by atoms with van der Waals surface area (Å²) in [6.07, 6.45) is -4.01. The van der Waals surface area contributed by atoms with Crippen molar-refractivity contribution < 1.29 is 22.7 Å². The first-order valence-corrected chi connectivity index (χ1v) is 5.10. The van der Waals surface area contributed by atoms with Gasteiger partial charge in [0.2, 0.25) is 0 Å². The number of halogens is 4. The van der Waals surface area contributed by atoms with E-state index in [2.05, 4.69) is 9.72 Å². The van der Waals surface area contributed by atoms with E-state index < -0.39 is 29.3 Å². The van der Waals surface area contributed by atoms with E-state index in [9.17, 15) is 18.0 Å². The van der Waals surface area contributed by atoms with Gasteiger partial charge in [-0.1, -0.05) is 11.6 Å². The zero-order chi connectivity index (χ0) is 13.1. The molecule has 0 aromatic carbocycles. The van der Waals surface area contributed by atoms with Gasteiger partial charge in [-0.3, -0.25) is 4.79 Å². The van der Waals surface area contributed by atoms with Gasteiger partial charge in [0, 0.05) is 6.20 Å². The van der Waals surface area contributed by atoms with Crippen LogP contribution in [0, 0.1) is 0 Å². The number of ether oxygens (including phenoxy) is 1. The molecule has 1 aromatic heterocycles. The molecule has 0 spiro atoms. The summed E-state index contributed by atoms with van der Waals surface area (Å²) in [6, 6.07) is 1.10. The van der Waals surface area contributed by atoms with Crippen LogP contribution >= 0.6 is 11.6 Å². The smallest absolute Gasteiger partial charge is 0.419 e. The molecule has 0 aliphatic carbocycles. The van der Waals surface area contributed by atoms with E-state index in [1.54, 1.807) is 6.92 Å². The second-order valence-electron chi connectivity index (χ2n) is 3.12. The lowest BCUT2D eigenvalue weighted by atomic mass is 10.1. The molecule has 0 saturated carbocycles.